The minimum absolute atomic E-state index is 0.0776. The Kier molecular flexibility index (Phi) is 3.91. The third-order valence-electron chi connectivity index (χ3n) is 4.44. The summed E-state index contributed by atoms with van der Waals surface area (Å²) < 4.78 is 9.26. The summed E-state index contributed by atoms with van der Waals surface area (Å²) in [5, 5.41) is 0. The van der Waals surface area contributed by atoms with Crippen molar-refractivity contribution in [1.82, 2.24) is 23.9 Å². The molecule has 0 saturated carbocycles. The summed E-state index contributed by atoms with van der Waals surface area (Å²) >= 11 is 0. The summed E-state index contributed by atoms with van der Waals surface area (Å²) in [6, 6.07) is 9.30. The van der Waals surface area contributed by atoms with Gasteiger partial charge < -0.3 is 9.30 Å². The van der Waals surface area contributed by atoms with Crippen LogP contribution in [0, 0.1) is 6.92 Å². The monoisotopic (exact) mass is 349 g/mol. The highest BCUT2D eigenvalue weighted by Gasteiger charge is 2.17. The second-order valence-electron chi connectivity index (χ2n) is 6.12. The molecule has 0 spiro atoms. The van der Waals surface area contributed by atoms with E-state index in [1.807, 2.05) is 42.5 Å². The fraction of sp³-hybridized carbons (Fsp3) is 0.263. The van der Waals surface area contributed by atoms with Gasteiger partial charge >= 0.3 is 0 Å². The van der Waals surface area contributed by atoms with Crippen molar-refractivity contribution in [3.63, 3.8) is 0 Å². The zero-order valence-electron chi connectivity index (χ0n) is 14.9. The first-order chi connectivity index (χ1) is 12.6. The lowest BCUT2D eigenvalue weighted by molar-refractivity contribution is 0.290. The maximum atomic E-state index is 12.7. The summed E-state index contributed by atoms with van der Waals surface area (Å²) in [4.78, 5) is 26.2. The van der Waals surface area contributed by atoms with Crippen molar-refractivity contribution in [2.45, 2.75) is 26.9 Å². The van der Waals surface area contributed by atoms with Crippen molar-refractivity contribution in [3.05, 3.63) is 64.1 Å². The summed E-state index contributed by atoms with van der Waals surface area (Å²) in [6.45, 7) is 4.19. The summed E-state index contributed by atoms with van der Waals surface area (Å²) in [6.07, 6.45) is 2.44. The van der Waals surface area contributed by atoms with Crippen LogP contribution in [0.15, 0.2) is 41.3 Å². The van der Waals surface area contributed by atoms with Gasteiger partial charge in [-0.25, -0.2) is 4.98 Å². The van der Waals surface area contributed by atoms with E-state index in [1.54, 1.807) is 23.9 Å². The van der Waals surface area contributed by atoms with Crippen LogP contribution < -0.4 is 10.3 Å². The van der Waals surface area contributed by atoms with E-state index in [1.165, 1.54) is 0 Å². The normalized spacial score (nSPS) is 11.3. The molecule has 0 atom stereocenters. The molecule has 4 aromatic heterocycles. The highest BCUT2D eigenvalue weighted by atomic mass is 16.5. The van der Waals surface area contributed by atoms with Gasteiger partial charge in [0.15, 0.2) is 5.65 Å². The molecule has 4 rings (SSSR count). The number of aromatic nitrogens is 5. The maximum absolute atomic E-state index is 12.7. The molecule has 0 saturated heterocycles. The molecule has 7 heteroatoms. The van der Waals surface area contributed by atoms with Crippen LogP contribution in [0.3, 0.4) is 0 Å². The molecular formula is C19H19N5O2. The minimum atomic E-state index is -0.0776. The standard InChI is InChI=1S/C19H19N5O2/c1-4-15-21-12(2)17-19(25)23(3)14-8-9-16(22-18(14)24(15)17)26-11-13-7-5-6-10-20-13/h5-10H,4,11H2,1-3H3. The predicted molar refractivity (Wildman–Crippen MR) is 98.4 cm³/mol. The van der Waals surface area contributed by atoms with Gasteiger partial charge in [0.25, 0.3) is 5.56 Å². The zero-order valence-corrected chi connectivity index (χ0v) is 14.9. The molecule has 0 aliphatic heterocycles. The van der Waals surface area contributed by atoms with Gasteiger partial charge in [0.2, 0.25) is 5.88 Å². The number of aryl methyl sites for hydroxylation is 3. The Bertz CT molecular complexity index is 1160. The van der Waals surface area contributed by atoms with E-state index in [0.29, 0.717) is 35.8 Å². The van der Waals surface area contributed by atoms with Gasteiger partial charge in [-0.05, 0) is 25.1 Å². The molecular weight excluding hydrogens is 330 g/mol. The highest BCUT2D eigenvalue weighted by Crippen LogP contribution is 2.20. The van der Waals surface area contributed by atoms with Crippen LogP contribution in [0.1, 0.15) is 24.1 Å². The first-order valence-electron chi connectivity index (χ1n) is 8.50. The second-order valence-corrected chi connectivity index (χ2v) is 6.12. The molecule has 132 valence electrons. The molecule has 0 aliphatic carbocycles. The molecule has 0 fully saturated rings. The van der Waals surface area contributed by atoms with E-state index in [2.05, 4.69) is 15.0 Å². The number of ether oxygens (including phenoxy) is 1. The number of imidazole rings is 1. The van der Waals surface area contributed by atoms with Gasteiger partial charge in [-0.15, -0.1) is 0 Å². The first-order valence-corrected chi connectivity index (χ1v) is 8.50. The number of rotatable bonds is 4. The van der Waals surface area contributed by atoms with Crippen molar-refractivity contribution < 1.29 is 4.74 Å². The van der Waals surface area contributed by atoms with Crippen LogP contribution in [0.2, 0.25) is 0 Å². The lowest BCUT2D eigenvalue weighted by Gasteiger charge is -2.11. The molecule has 4 heterocycles. The summed E-state index contributed by atoms with van der Waals surface area (Å²) in [5.41, 5.74) is 3.42. The van der Waals surface area contributed by atoms with Crippen LogP contribution in [0.5, 0.6) is 5.88 Å². The second kappa shape index (κ2) is 6.25. The molecule has 0 radical (unpaired) electrons. The Hall–Kier alpha value is -3.22. The van der Waals surface area contributed by atoms with Crippen LogP contribution in [0.25, 0.3) is 16.7 Å². The number of nitrogens with zero attached hydrogens (tertiary/aromatic N) is 5. The molecule has 0 N–H and O–H groups in total. The number of fused-ring (bicyclic) bond motifs is 3. The minimum Gasteiger partial charge on any atom is -0.471 e. The molecule has 0 aliphatic rings. The zero-order chi connectivity index (χ0) is 18.3. The third-order valence-corrected chi connectivity index (χ3v) is 4.44. The summed E-state index contributed by atoms with van der Waals surface area (Å²) in [5.74, 6) is 1.30. The molecule has 0 bridgehead atoms. The van der Waals surface area contributed by atoms with Gasteiger partial charge in [-0.1, -0.05) is 13.0 Å². The fourth-order valence-corrected chi connectivity index (χ4v) is 3.13. The number of hydrogen-bond acceptors (Lipinski definition) is 5. The van der Waals surface area contributed by atoms with Crippen molar-refractivity contribution in [3.8, 4) is 5.88 Å². The first kappa shape index (κ1) is 16.3. The topological polar surface area (TPSA) is 74.3 Å². The van der Waals surface area contributed by atoms with Gasteiger partial charge in [-0.3, -0.25) is 14.2 Å². The van der Waals surface area contributed by atoms with E-state index in [-0.39, 0.29) is 5.56 Å². The molecule has 0 unspecified atom stereocenters. The van der Waals surface area contributed by atoms with Gasteiger partial charge in [-0.2, -0.15) is 4.98 Å². The average molecular weight is 349 g/mol. The van der Waals surface area contributed by atoms with Crippen LogP contribution in [-0.2, 0) is 20.1 Å². The van der Waals surface area contributed by atoms with Gasteiger partial charge in [0.1, 0.15) is 17.9 Å². The molecule has 26 heavy (non-hydrogen) atoms. The van der Waals surface area contributed by atoms with E-state index < -0.39 is 0 Å². The Labute approximate surface area is 149 Å². The van der Waals surface area contributed by atoms with E-state index in [0.717, 1.165) is 17.0 Å². The lowest BCUT2D eigenvalue weighted by atomic mass is 10.3. The van der Waals surface area contributed by atoms with Crippen LogP contribution in [-0.4, -0.2) is 23.9 Å². The molecule has 4 aromatic rings. The number of pyridine rings is 2. The SMILES string of the molecule is CCc1nc(C)c2c(=O)n(C)c3ccc(OCc4ccccn4)nc3n12. The average Bonchev–Trinajstić information content (AvgIpc) is 3.02. The van der Waals surface area contributed by atoms with E-state index >= 15 is 0 Å². The molecule has 7 nitrogen and oxygen atoms in total. The third kappa shape index (κ3) is 2.52. The number of hydrogen-bond donors (Lipinski definition) is 0. The van der Waals surface area contributed by atoms with E-state index in [9.17, 15) is 4.79 Å². The smallest absolute Gasteiger partial charge is 0.277 e. The largest absolute Gasteiger partial charge is 0.471 e. The van der Waals surface area contributed by atoms with Crippen molar-refractivity contribution >= 4 is 16.7 Å². The predicted octanol–water partition coefficient (Wildman–Crippen LogP) is 2.43. The fourth-order valence-electron chi connectivity index (χ4n) is 3.13. The van der Waals surface area contributed by atoms with Crippen molar-refractivity contribution in [1.29, 1.82) is 0 Å². The van der Waals surface area contributed by atoms with Gasteiger partial charge in [0.05, 0.1) is 16.9 Å². The van der Waals surface area contributed by atoms with Crippen molar-refractivity contribution in [2.24, 2.45) is 7.05 Å². The molecule has 0 aromatic carbocycles. The maximum Gasteiger partial charge on any atom is 0.277 e. The summed E-state index contributed by atoms with van der Waals surface area (Å²) in [7, 11) is 1.75. The van der Waals surface area contributed by atoms with Crippen molar-refractivity contribution in [2.75, 3.05) is 0 Å². The Morgan fingerprint density at radius 2 is 2.00 bits per heavy atom. The van der Waals surface area contributed by atoms with Gasteiger partial charge in [0, 0.05) is 25.7 Å². The molecule has 0 amide bonds. The quantitative estimate of drug-likeness (QED) is 0.566. The Morgan fingerprint density at radius 1 is 1.15 bits per heavy atom. The van der Waals surface area contributed by atoms with Crippen LogP contribution in [0.4, 0.5) is 0 Å². The Balaban J connectivity index is 1.87. The highest BCUT2D eigenvalue weighted by molar-refractivity contribution is 5.76. The lowest BCUT2D eigenvalue weighted by Crippen LogP contribution is -2.21. The van der Waals surface area contributed by atoms with Crippen LogP contribution >= 0.6 is 0 Å². The Morgan fingerprint density at radius 3 is 2.73 bits per heavy atom. The van der Waals surface area contributed by atoms with E-state index in [4.69, 9.17) is 4.74 Å².